The highest BCUT2D eigenvalue weighted by atomic mass is 19.1. The molecule has 0 aliphatic rings. The molecule has 0 bridgehead atoms. The topological polar surface area (TPSA) is 89.3 Å². The Morgan fingerprint density at radius 3 is 2.71 bits per heavy atom. The molecule has 5 N–H and O–H groups in total. The number of rotatable bonds is 3. The average Bonchev–Trinajstić information content (AvgIpc) is 2.11. The summed E-state index contributed by atoms with van der Waals surface area (Å²) in [6, 6.07) is 3.12. The van der Waals surface area contributed by atoms with Crippen LogP contribution in [0.15, 0.2) is 18.2 Å². The normalized spacial score (nSPS) is 12.4. The lowest BCUT2D eigenvalue weighted by molar-refractivity contribution is -0.138. The first-order valence-electron chi connectivity index (χ1n) is 4.03. The standard InChI is InChI=1S/C9H11FN2O2/c10-6-3-5(1-2-7(6)11)4-8(12)9(13)14/h1-3,8H,4,11-12H2,(H,13,14)/t8-/m0/s1. The highest BCUT2D eigenvalue weighted by Gasteiger charge is 2.12. The molecular formula is C9H11FN2O2. The molecule has 76 valence electrons. The maximum Gasteiger partial charge on any atom is 0.320 e. The lowest BCUT2D eigenvalue weighted by Crippen LogP contribution is -2.32. The van der Waals surface area contributed by atoms with Crippen molar-refractivity contribution in [3.63, 3.8) is 0 Å². The molecule has 0 unspecified atom stereocenters. The summed E-state index contributed by atoms with van der Waals surface area (Å²) in [6.45, 7) is 0. The van der Waals surface area contributed by atoms with E-state index in [1.54, 1.807) is 6.07 Å². The molecule has 5 heteroatoms. The van der Waals surface area contributed by atoms with Gasteiger partial charge in [-0.3, -0.25) is 4.79 Å². The summed E-state index contributed by atoms with van der Waals surface area (Å²) < 4.78 is 12.9. The van der Waals surface area contributed by atoms with Gasteiger partial charge < -0.3 is 16.6 Å². The number of hydrogen-bond donors (Lipinski definition) is 3. The van der Waals surface area contributed by atoms with Crippen LogP contribution in [-0.4, -0.2) is 17.1 Å². The summed E-state index contributed by atoms with van der Waals surface area (Å²) in [5.41, 5.74) is 11.1. The van der Waals surface area contributed by atoms with Crippen LogP contribution in [0.3, 0.4) is 0 Å². The summed E-state index contributed by atoms with van der Waals surface area (Å²) in [7, 11) is 0. The second-order valence-electron chi connectivity index (χ2n) is 3.00. The summed E-state index contributed by atoms with van der Waals surface area (Å²) in [5.74, 6) is -1.66. The van der Waals surface area contributed by atoms with Crippen LogP contribution in [0.1, 0.15) is 5.56 Å². The maximum atomic E-state index is 12.9. The minimum Gasteiger partial charge on any atom is -0.480 e. The molecule has 0 aliphatic heterocycles. The monoisotopic (exact) mass is 198 g/mol. The number of anilines is 1. The van der Waals surface area contributed by atoms with Crippen LogP contribution in [-0.2, 0) is 11.2 Å². The fourth-order valence-corrected chi connectivity index (χ4v) is 1.04. The van der Waals surface area contributed by atoms with E-state index in [0.29, 0.717) is 5.56 Å². The third-order valence-electron chi connectivity index (χ3n) is 1.84. The molecule has 1 atom stereocenters. The quantitative estimate of drug-likeness (QED) is 0.612. The van der Waals surface area contributed by atoms with Crippen LogP contribution < -0.4 is 11.5 Å². The van der Waals surface area contributed by atoms with Gasteiger partial charge >= 0.3 is 5.97 Å². The fourth-order valence-electron chi connectivity index (χ4n) is 1.04. The molecule has 0 spiro atoms. The third kappa shape index (κ3) is 2.43. The molecule has 0 saturated heterocycles. The van der Waals surface area contributed by atoms with E-state index >= 15 is 0 Å². The first kappa shape index (κ1) is 10.5. The molecule has 1 rings (SSSR count). The van der Waals surface area contributed by atoms with E-state index in [9.17, 15) is 9.18 Å². The van der Waals surface area contributed by atoms with Gasteiger partial charge in [0.05, 0.1) is 5.69 Å². The highest BCUT2D eigenvalue weighted by Crippen LogP contribution is 2.12. The van der Waals surface area contributed by atoms with Crippen molar-refractivity contribution in [1.29, 1.82) is 0 Å². The summed E-state index contributed by atoms with van der Waals surface area (Å²) in [4.78, 5) is 10.4. The van der Waals surface area contributed by atoms with Crippen molar-refractivity contribution < 1.29 is 14.3 Å². The van der Waals surface area contributed by atoms with Crippen LogP contribution in [0.5, 0.6) is 0 Å². The lowest BCUT2D eigenvalue weighted by atomic mass is 10.1. The van der Waals surface area contributed by atoms with Crippen LogP contribution >= 0.6 is 0 Å². The molecule has 0 amide bonds. The number of nitrogens with two attached hydrogens (primary N) is 2. The predicted molar refractivity (Wildman–Crippen MR) is 50.1 cm³/mol. The second-order valence-corrected chi connectivity index (χ2v) is 3.00. The van der Waals surface area contributed by atoms with Gasteiger partial charge in [0.2, 0.25) is 0 Å². The summed E-state index contributed by atoms with van der Waals surface area (Å²) >= 11 is 0. The summed E-state index contributed by atoms with van der Waals surface area (Å²) in [5, 5.41) is 8.52. The number of nitrogen functional groups attached to an aromatic ring is 1. The number of benzene rings is 1. The number of carbonyl (C=O) groups is 1. The number of halogens is 1. The fraction of sp³-hybridized carbons (Fsp3) is 0.222. The van der Waals surface area contributed by atoms with E-state index in [0.717, 1.165) is 0 Å². The Labute approximate surface area is 80.3 Å². The predicted octanol–water partition coefficient (Wildman–Crippen LogP) is 0.362. The number of aliphatic carboxylic acids is 1. The zero-order chi connectivity index (χ0) is 10.7. The SMILES string of the molecule is Nc1ccc(C[C@H](N)C(=O)O)cc1F. The molecule has 1 aromatic rings. The minimum atomic E-state index is -1.11. The van der Waals surface area contributed by atoms with E-state index in [-0.39, 0.29) is 12.1 Å². The van der Waals surface area contributed by atoms with E-state index in [4.69, 9.17) is 16.6 Å². The molecule has 14 heavy (non-hydrogen) atoms. The van der Waals surface area contributed by atoms with Gasteiger partial charge in [0.15, 0.2) is 0 Å². The Bertz CT molecular complexity index is 355. The van der Waals surface area contributed by atoms with Gasteiger partial charge in [-0.05, 0) is 24.1 Å². The van der Waals surface area contributed by atoms with Crippen molar-refractivity contribution in [2.75, 3.05) is 5.73 Å². The smallest absolute Gasteiger partial charge is 0.320 e. The van der Waals surface area contributed by atoms with Crippen molar-refractivity contribution in [3.8, 4) is 0 Å². The zero-order valence-electron chi connectivity index (χ0n) is 7.40. The Kier molecular flexibility index (Phi) is 3.03. The molecular weight excluding hydrogens is 187 g/mol. The van der Waals surface area contributed by atoms with Crippen molar-refractivity contribution in [2.24, 2.45) is 5.73 Å². The van der Waals surface area contributed by atoms with Gasteiger partial charge in [0, 0.05) is 0 Å². The van der Waals surface area contributed by atoms with E-state index in [1.165, 1.54) is 12.1 Å². The molecule has 1 aromatic carbocycles. The second kappa shape index (κ2) is 4.06. The molecule has 0 radical (unpaired) electrons. The van der Waals surface area contributed by atoms with E-state index in [2.05, 4.69) is 0 Å². The Balaban J connectivity index is 2.78. The van der Waals surface area contributed by atoms with Crippen molar-refractivity contribution >= 4 is 11.7 Å². The Morgan fingerprint density at radius 1 is 1.57 bits per heavy atom. The van der Waals surface area contributed by atoms with Crippen molar-refractivity contribution in [2.45, 2.75) is 12.5 Å². The van der Waals surface area contributed by atoms with Gasteiger partial charge in [-0.15, -0.1) is 0 Å². The van der Waals surface area contributed by atoms with Crippen LogP contribution in [0.4, 0.5) is 10.1 Å². The third-order valence-corrected chi connectivity index (χ3v) is 1.84. The first-order chi connectivity index (χ1) is 6.50. The van der Waals surface area contributed by atoms with Crippen molar-refractivity contribution in [1.82, 2.24) is 0 Å². The molecule has 0 aliphatic carbocycles. The van der Waals surface area contributed by atoms with Crippen LogP contribution in [0.2, 0.25) is 0 Å². The minimum absolute atomic E-state index is 0.0395. The number of hydrogen-bond acceptors (Lipinski definition) is 3. The van der Waals surface area contributed by atoms with E-state index in [1.807, 2.05) is 0 Å². The van der Waals surface area contributed by atoms with Crippen LogP contribution in [0.25, 0.3) is 0 Å². The first-order valence-corrected chi connectivity index (χ1v) is 4.03. The van der Waals surface area contributed by atoms with E-state index < -0.39 is 17.8 Å². The number of carboxylic acids is 1. The summed E-state index contributed by atoms with van der Waals surface area (Å²) in [6.07, 6.45) is 0.0898. The Hall–Kier alpha value is -1.62. The molecule has 4 nitrogen and oxygen atoms in total. The highest BCUT2D eigenvalue weighted by molar-refractivity contribution is 5.73. The Morgan fingerprint density at radius 2 is 2.21 bits per heavy atom. The maximum absolute atomic E-state index is 12.9. The molecule has 0 fully saturated rings. The molecule has 0 saturated carbocycles. The van der Waals surface area contributed by atoms with Gasteiger partial charge in [-0.2, -0.15) is 0 Å². The van der Waals surface area contributed by atoms with Gasteiger partial charge in [-0.1, -0.05) is 6.07 Å². The molecule has 0 heterocycles. The zero-order valence-corrected chi connectivity index (χ0v) is 7.40. The average molecular weight is 198 g/mol. The largest absolute Gasteiger partial charge is 0.480 e. The molecule has 0 aromatic heterocycles. The van der Waals surface area contributed by atoms with Crippen molar-refractivity contribution in [3.05, 3.63) is 29.6 Å². The van der Waals surface area contributed by atoms with Gasteiger partial charge in [-0.25, -0.2) is 4.39 Å². The number of carboxylic acid groups (broad SMARTS) is 1. The van der Waals surface area contributed by atoms with Gasteiger partial charge in [0.25, 0.3) is 0 Å². The lowest BCUT2D eigenvalue weighted by Gasteiger charge is -2.06. The van der Waals surface area contributed by atoms with Gasteiger partial charge in [0.1, 0.15) is 11.9 Å². The van der Waals surface area contributed by atoms with Crippen LogP contribution in [0, 0.1) is 5.82 Å².